The molecule has 5 heteroatoms. The Balaban J connectivity index is 1.69. The molecule has 1 aliphatic heterocycles. The molecule has 5 nitrogen and oxygen atoms in total. The number of carbonyl (C=O) groups excluding carboxylic acids is 1. The van der Waals surface area contributed by atoms with Crippen LogP contribution in [0.25, 0.3) is 0 Å². The normalized spacial score (nSPS) is 18.5. The van der Waals surface area contributed by atoms with Crippen LogP contribution in [0, 0.1) is 0 Å². The highest BCUT2D eigenvalue weighted by Gasteiger charge is 2.42. The zero-order valence-electron chi connectivity index (χ0n) is 15.3. The Morgan fingerprint density at radius 2 is 1.50 bits per heavy atom. The standard InChI is InChI=1S/C23H19NO4/c1-24-21(20(23(26)27)18-9-5-6-10-19(18)22(24)25)15-11-13-17(14-12-15)28-16-7-3-2-4-8-16/h2-14,20-21H,1H3,(H,26,27)/t20-,21+/m1/s1. The van der Waals surface area contributed by atoms with E-state index in [0.717, 1.165) is 11.3 Å². The van der Waals surface area contributed by atoms with Gasteiger partial charge in [0.15, 0.2) is 0 Å². The number of ether oxygens (including phenoxy) is 1. The summed E-state index contributed by atoms with van der Waals surface area (Å²) in [6.07, 6.45) is 0. The van der Waals surface area contributed by atoms with Crippen LogP contribution >= 0.6 is 0 Å². The van der Waals surface area contributed by atoms with E-state index in [9.17, 15) is 14.7 Å². The number of benzene rings is 3. The van der Waals surface area contributed by atoms with Crippen LogP contribution < -0.4 is 4.74 Å². The molecule has 1 N–H and O–H groups in total. The second-order valence-electron chi connectivity index (χ2n) is 6.75. The molecule has 0 unspecified atom stereocenters. The van der Waals surface area contributed by atoms with Crippen molar-refractivity contribution in [2.75, 3.05) is 7.05 Å². The number of carboxylic acid groups (broad SMARTS) is 1. The molecule has 1 heterocycles. The van der Waals surface area contributed by atoms with Gasteiger partial charge in [-0.2, -0.15) is 0 Å². The van der Waals surface area contributed by atoms with Gasteiger partial charge in [-0.1, -0.05) is 48.5 Å². The minimum absolute atomic E-state index is 0.178. The second kappa shape index (κ2) is 7.19. The van der Waals surface area contributed by atoms with Crippen molar-refractivity contribution in [3.63, 3.8) is 0 Å². The zero-order valence-corrected chi connectivity index (χ0v) is 15.3. The van der Waals surface area contributed by atoms with Gasteiger partial charge in [0.2, 0.25) is 0 Å². The average molecular weight is 373 g/mol. The summed E-state index contributed by atoms with van der Waals surface area (Å²) in [5.74, 6) is -0.603. The Labute approximate surface area is 162 Å². The summed E-state index contributed by atoms with van der Waals surface area (Å²) in [4.78, 5) is 26.4. The maximum Gasteiger partial charge on any atom is 0.313 e. The minimum atomic E-state index is -0.957. The molecule has 0 aromatic heterocycles. The fourth-order valence-electron chi connectivity index (χ4n) is 3.71. The number of carboxylic acids is 1. The van der Waals surface area contributed by atoms with E-state index in [-0.39, 0.29) is 5.91 Å². The van der Waals surface area contributed by atoms with Crippen molar-refractivity contribution >= 4 is 11.9 Å². The van der Waals surface area contributed by atoms with Gasteiger partial charge in [-0.15, -0.1) is 0 Å². The van der Waals surface area contributed by atoms with E-state index < -0.39 is 17.9 Å². The fraction of sp³-hybridized carbons (Fsp3) is 0.130. The molecule has 1 amide bonds. The van der Waals surface area contributed by atoms with Crippen LogP contribution in [-0.4, -0.2) is 28.9 Å². The number of hydrogen-bond acceptors (Lipinski definition) is 3. The van der Waals surface area contributed by atoms with Gasteiger partial charge in [0, 0.05) is 12.6 Å². The van der Waals surface area contributed by atoms with Gasteiger partial charge in [0.05, 0.1) is 6.04 Å². The monoisotopic (exact) mass is 373 g/mol. The summed E-state index contributed by atoms with van der Waals surface area (Å²) in [6.45, 7) is 0. The number of hydrogen-bond donors (Lipinski definition) is 1. The maximum absolute atomic E-state index is 12.8. The minimum Gasteiger partial charge on any atom is -0.481 e. The number of fused-ring (bicyclic) bond motifs is 1. The van der Waals surface area contributed by atoms with Crippen molar-refractivity contribution in [2.24, 2.45) is 0 Å². The van der Waals surface area contributed by atoms with Crippen molar-refractivity contribution in [2.45, 2.75) is 12.0 Å². The lowest BCUT2D eigenvalue weighted by atomic mass is 9.80. The molecule has 2 atom stereocenters. The van der Waals surface area contributed by atoms with Crippen molar-refractivity contribution in [3.05, 3.63) is 95.6 Å². The maximum atomic E-state index is 12.8. The number of amides is 1. The van der Waals surface area contributed by atoms with Gasteiger partial charge in [-0.25, -0.2) is 0 Å². The first kappa shape index (κ1) is 17.8. The first-order chi connectivity index (χ1) is 13.6. The molecule has 1 aliphatic rings. The van der Waals surface area contributed by atoms with Gasteiger partial charge >= 0.3 is 5.97 Å². The molecule has 0 spiro atoms. The lowest BCUT2D eigenvalue weighted by Gasteiger charge is -2.38. The molecular formula is C23H19NO4. The summed E-state index contributed by atoms with van der Waals surface area (Å²) in [6, 6.07) is 22.9. The molecule has 4 rings (SSSR count). The average Bonchev–Trinajstić information content (AvgIpc) is 2.72. The number of aliphatic carboxylic acids is 1. The lowest BCUT2D eigenvalue weighted by Crippen LogP contribution is -2.42. The molecule has 0 fully saturated rings. The third-order valence-corrected chi connectivity index (χ3v) is 5.05. The van der Waals surface area contributed by atoms with E-state index in [1.807, 2.05) is 42.5 Å². The number of likely N-dealkylation sites (N-methyl/N-ethyl adjacent to an activating group) is 1. The van der Waals surface area contributed by atoms with Crippen LogP contribution in [0.1, 0.15) is 33.4 Å². The smallest absolute Gasteiger partial charge is 0.313 e. The van der Waals surface area contributed by atoms with E-state index in [1.54, 1.807) is 43.4 Å². The third-order valence-electron chi connectivity index (χ3n) is 5.05. The molecule has 0 saturated carbocycles. The molecule has 3 aromatic rings. The molecule has 28 heavy (non-hydrogen) atoms. The van der Waals surface area contributed by atoms with E-state index in [4.69, 9.17) is 4.74 Å². The predicted molar refractivity (Wildman–Crippen MR) is 105 cm³/mol. The SMILES string of the molecule is CN1C(=O)c2ccccc2[C@@H](C(=O)O)[C@@H]1c1ccc(Oc2ccccc2)cc1. The van der Waals surface area contributed by atoms with Crippen molar-refractivity contribution in [1.29, 1.82) is 0 Å². The predicted octanol–water partition coefficient (Wildman–Crippen LogP) is 4.47. The fourth-order valence-corrected chi connectivity index (χ4v) is 3.71. The van der Waals surface area contributed by atoms with Gasteiger partial charge < -0.3 is 14.7 Å². The molecule has 3 aromatic carbocycles. The highest BCUT2D eigenvalue weighted by atomic mass is 16.5. The van der Waals surface area contributed by atoms with Crippen molar-refractivity contribution in [1.82, 2.24) is 4.90 Å². The molecule has 140 valence electrons. The Morgan fingerprint density at radius 3 is 2.18 bits per heavy atom. The van der Waals surface area contributed by atoms with E-state index in [1.165, 1.54) is 4.90 Å². The van der Waals surface area contributed by atoms with Gasteiger partial charge in [-0.05, 0) is 41.5 Å². The van der Waals surface area contributed by atoms with Gasteiger partial charge in [0.1, 0.15) is 17.4 Å². The topological polar surface area (TPSA) is 66.8 Å². The molecule has 0 saturated heterocycles. The lowest BCUT2D eigenvalue weighted by molar-refractivity contribution is -0.140. The Hall–Kier alpha value is -3.60. The number of rotatable bonds is 4. The number of carbonyl (C=O) groups is 2. The molecule has 0 bridgehead atoms. The zero-order chi connectivity index (χ0) is 19.7. The van der Waals surface area contributed by atoms with E-state index in [0.29, 0.717) is 16.9 Å². The third kappa shape index (κ3) is 3.11. The van der Waals surface area contributed by atoms with Gasteiger partial charge in [-0.3, -0.25) is 9.59 Å². The van der Waals surface area contributed by atoms with Crippen LogP contribution in [-0.2, 0) is 4.79 Å². The second-order valence-corrected chi connectivity index (χ2v) is 6.75. The first-order valence-corrected chi connectivity index (χ1v) is 8.98. The van der Waals surface area contributed by atoms with Crippen molar-refractivity contribution in [3.8, 4) is 11.5 Å². The largest absolute Gasteiger partial charge is 0.481 e. The highest BCUT2D eigenvalue weighted by molar-refractivity contribution is 6.00. The number of nitrogens with zero attached hydrogens (tertiary/aromatic N) is 1. The Bertz CT molecular complexity index is 1010. The highest BCUT2D eigenvalue weighted by Crippen LogP contribution is 2.42. The van der Waals surface area contributed by atoms with Crippen LogP contribution in [0.2, 0.25) is 0 Å². The summed E-state index contributed by atoms with van der Waals surface area (Å²) in [7, 11) is 1.65. The molecule has 0 aliphatic carbocycles. The number of para-hydroxylation sites is 1. The van der Waals surface area contributed by atoms with Crippen LogP contribution in [0.5, 0.6) is 11.5 Å². The summed E-state index contributed by atoms with van der Waals surface area (Å²) in [5.41, 5.74) is 1.74. The quantitative estimate of drug-likeness (QED) is 0.732. The first-order valence-electron chi connectivity index (χ1n) is 8.98. The van der Waals surface area contributed by atoms with E-state index >= 15 is 0 Å². The Morgan fingerprint density at radius 1 is 0.893 bits per heavy atom. The van der Waals surface area contributed by atoms with Crippen molar-refractivity contribution < 1.29 is 19.4 Å². The van der Waals surface area contributed by atoms with Crippen LogP contribution in [0.15, 0.2) is 78.9 Å². The van der Waals surface area contributed by atoms with Crippen LogP contribution in [0.4, 0.5) is 0 Å². The molecule has 0 radical (unpaired) electrons. The summed E-state index contributed by atoms with van der Waals surface area (Å²) >= 11 is 0. The van der Waals surface area contributed by atoms with Gasteiger partial charge in [0.25, 0.3) is 5.91 Å². The van der Waals surface area contributed by atoms with E-state index in [2.05, 4.69) is 0 Å². The molecular weight excluding hydrogens is 354 g/mol. The Kier molecular flexibility index (Phi) is 4.57. The summed E-state index contributed by atoms with van der Waals surface area (Å²) in [5, 5.41) is 9.91. The summed E-state index contributed by atoms with van der Waals surface area (Å²) < 4.78 is 5.80. The van der Waals surface area contributed by atoms with Crippen LogP contribution in [0.3, 0.4) is 0 Å².